The molecule has 0 unspecified atom stereocenters. The number of hydrogen-bond donors (Lipinski definition) is 1. The number of thiazole rings is 1. The van der Waals surface area contributed by atoms with Gasteiger partial charge in [0.25, 0.3) is 5.91 Å². The molecule has 1 heterocycles. The highest BCUT2D eigenvalue weighted by Gasteiger charge is 2.13. The quantitative estimate of drug-likeness (QED) is 0.838. The molecule has 3 nitrogen and oxygen atoms in total. The van der Waals surface area contributed by atoms with Crippen molar-refractivity contribution < 1.29 is 4.79 Å². The first-order valence-electron chi connectivity index (χ1n) is 6.02. The van der Waals surface area contributed by atoms with Crippen LogP contribution in [0.4, 0.5) is 5.13 Å². The summed E-state index contributed by atoms with van der Waals surface area (Å²) in [6, 6.07) is 7.55. The summed E-state index contributed by atoms with van der Waals surface area (Å²) in [5, 5.41) is 6.15. The molecule has 1 aromatic heterocycles. The highest BCUT2D eigenvalue weighted by Crippen LogP contribution is 2.22. The van der Waals surface area contributed by atoms with Gasteiger partial charge in [-0.15, -0.1) is 11.3 Å². The molecule has 1 N–H and O–H groups in total. The summed E-state index contributed by atoms with van der Waals surface area (Å²) < 4.78 is 0. The van der Waals surface area contributed by atoms with E-state index in [4.69, 9.17) is 0 Å². The van der Waals surface area contributed by atoms with E-state index < -0.39 is 0 Å². The standard InChI is InChI=1S/C14H15BrN2OS/c1-9(2)12-8-19-14(16-12)17-13(18)11-6-4-3-5-10(11)7-15/h3-6,8-9H,7H2,1-2H3,(H,16,17,18). The third kappa shape index (κ3) is 3.42. The topological polar surface area (TPSA) is 42.0 Å². The summed E-state index contributed by atoms with van der Waals surface area (Å²) in [6.45, 7) is 4.17. The fourth-order valence-electron chi connectivity index (χ4n) is 1.63. The van der Waals surface area contributed by atoms with Crippen molar-refractivity contribution in [1.29, 1.82) is 0 Å². The predicted octanol–water partition coefficient (Wildman–Crippen LogP) is 4.41. The number of carbonyl (C=O) groups is 1. The summed E-state index contributed by atoms with van der Waals surface area (Å²) in [5.41, 5.74) is 2.66. The fraction of sp³-hybridized carbons (Fsp3) is 0.286. The Hall–Kier alpha value is -1.20. The lowest BCUT2D eigenvalue weighted by atomic mass is 10.1. The summed E-state index contributed by atoms with van der Waals surface area (Å²) in [7, 11) is 0. The van der Waals surface area contributed by atoms with Crippen LogP contribution in [0.5, 0.6) is 0 Å². The molecule has 1 amide bonds. The number of nitrogens with one attached hydrogen (secondary N) is 1. The molecule has 1 aromatic carbocycles. The largest absolute Gasteiger partial charge is 0.298 e. The molecule has 0 aliphatic carbocycles. The number of benzene rings is 1. The van der Waals surface area contributed by atoms with Crippen molar-refractivity contribution in [2.24, 2.45) is 0 Å². The van der Waals surface area contributed by atoms with Crippen LogP contribution >= 0.6 is 27.3 Å². The van der Waals surface area contributed by atoms with Crippen LogP contribution in [-0.4, -0.2) is 10.9 Å². The number of carbonyl (C=O) groups excluding carboxylic acids is 1. The molecule has 0 spiro atoms. The molecular formula is C14H15BrN2OS. The normalized spacial score (nSPS) is 10.7. The van der Waals surface area contributed by atoms with E-state index in [1.54, 1.807) is 0 Å². The lowest BCUT2D eigenvalue weighted by Crippen LogP contribution is -2.13. The van der Waals surface area contributed by atoms with Gasteiger partial charge in [-0.3, -0.25) is 10.1 Å². The predicted molar refractivity (Wildman–Crippen MR) is 83.2 cm³/mol. The molecule has 0 atom stereocenters. The molecule has 0 fully saturated rings. The highest BCUT2D eigenvalue weighted by molar-refractivity contribution is 9.08. The van der Waals surface area contributed by atoms with Crippen molar-refractivity contribution in [1.82, 2.24) is 4.98 Å². The zero-order valence-electron chi connectivity index (χ0n) is 10.8. The van der Waals surface area contributed by atoms with Gasteiger partial charge >= 0.3 is 0 Å². The van der Waals surface area contributed by atoms with Crippen molar-refractivity contribution in [3.63, 3.8) is 0 Å². The van der Waals surface area contributed by atoms with Gasteiger partial charge in [-0.05, 0) is 17.5 Å². The first kappa shape index (κ1) is 14.2. The van der Waals surface area contributed by atoms with E-state index in [1.807, 2.05) is 29.6 Å². The highest BCUT2D eigenvalue weighted by atomic mass is 79.9. The van der Waals surface area contributed by atoms with Crippen LogP contribution in [0.15, 0.2) is 29.6 Å². The monoisotopic (exact) mass is 338 g/mol. The summed E-state index contributed by atoms with van der Waals surface area (Å²) >= 11 is 4.85. The Kier molecular flexibility index (Phi) is 4.71. The van der Waals surface area contributed by atoms with Crippen LogP contribution < -0.4 is 5.32 Å². The van der Waals surface area contributed by atoms with Crippen LogP contribution in [0.3, 0.4) is 0 Å². The third-order valence-electron chi connectivity index (χ3n) is 2.74. The summed E-state index contributed by atoms with van der Waals surface area (Å²) in [4.78, 5) is 16.6. The van der Waals surface area contributed by atoms with Crippen LogP contribution in [0.2, 0.25) is 0 Å². The van der Waals surface area contributed by atoms with Crippen LogP contribution in [0, 0.1) is 0 Å². The SMILES string of the molecule is CC(C)c1csc(NC(=O)c2ccccc2CBr)n1. The van der Waals surface area contributed by atoms with Gasteiger partial charge in [0.05, 0.1) is 5.69 Å². The molecule has 0 radical (unpaired) electrons. The lowest BCUT2D eigenvalue weighted by molar-refractivity contribution is 0.102. The van der Waals surface area contributed by atoms with E-state index in [0.717, 1.165) is 11.3 Å². The van der Waals surface area contributed by atoms with Crippen molar-refractivity contribution >= 4 is 38.3 Å². The van der Waals surface area contributed by atoms with Crippen molar-refractivity contribution in [2.75, 3.05) is 5.32 Å². The van der Waals surface area contributed by atoms with Crippen LogP contribution in [-0.2, 0) is 5.33 Å². The first-order valence-corrected chi connectivity index (χ1v) is 8.02. The minimum atomic E-state index is -0.111. The second-order valence-electron chi connectivity index (χ2n) is 4.48. The van der Waals surface area contributed by atoms with Crippen molar-refractivity contribution in [2.45, 2.75) is 25.1 Å². The number of amides is 1. The number of nitrogens with zero attached hydrogens (tertiary/aromatic N) is 1. The van der Waals surface area contributed by atoms with E-state index in [0.29, 0.717) is 21.9 Å². The van der Waals surface area contributed by atoms with E-state index in [9.17, 15) is 4.79 Å². The van der Waals surface area contributed by atoms with Gasteiger partial charge in [0, 0.05) is 16.3 Å². The Morgan fingerprint density at radius 3 is 2.79 bits per heavy atom. The number of hydrogen-bond acceptors (Lipinski definition) is 3. The Balaban J connectivity index is 2.16. The van der Waals surface area contributed by atoms with E-state index in [2.05, 4.69) is 40.1 Å². The number of aromatic nitrogens is 1. The maximum Gasteiger partial charge on any atom is 0.257 e. The van der Waals surface area contributed by atoms with E-state index in [1.165, 1.54) is 11.3 Å². The molecule has 0 saturated carbocycles. The molecule has 5 heteroatoms. The number of halogens is 1. The third-order valence-corrected chi connectivity index (χ3v) is 4.12. The molecule has 100 valence electrons. The van der Waals surface area contributed by atoms with Crippen molar-refractivity contribution in [3.8, 4) is 0 Å². The van der Waals surface area contributed by atoms with Gasteiger partial charge < -0.3 is 0 Å². The smallest absolute Gasteiger partial charge is 0.257 e. The number of alkyl halides is 1. The van der Waals surface area contributed by atoms with Crippen LogP contribution in [0.25, 0.3) is 0 Å². The molecule has 2 rings (SSSR count). The zero-order valence-corrected chi connectivity index (χ0v) is 13.2. The Bertz CT molecular complexity index is 580. The van der Waals surface area contributed by atoms with Crippen LogP contribution in [0.1, 0.15) is 41.4 Å². The minimum Gasteiger partial charge on any atom is -0.298 e. The first-order chi connectivity index (χ1) is 9.11. The van der Waals surface area contributed by atoms with Gasteiger partial charge in [-0.2, -0.15) is 0 Å². The Labute approximate surface area is 125 Å². The average molecular weight is 339 g/mol. The van der Waals surface area contributed by atoms with Gasteiger partial charge in [0.2, 0.25) is 0 Å². The van der Waals surface area contributed by atoms with Gasteiger partial charge in [0.1, 0.15) is 0 Å². The minimum absolute atomic E-state index is 0.111. The molecule has 0 bridgehead atoms. The molecule has 2 aromatic rings. The second kappa shape index (κ2) is 6.30. The zero-order chi connectivity index (χ0) is 13.8. The molecule has 0 aliphatic heterocycles. The molecular weight excluding hydrogens is 324 g/mol. The van der Waals surface area contributed by atoms with Gasteiger partial charge in [-0.1, -0.05) is 48.0 Å². The maximum atomic E-state index is 12.2. The lowest BCUT2D eigenvalue weighted by Gasteiger charge is -2.06. The average Bonchev–Trinajstić information content (AvgIpc) is 2.87. The summed E-state index contributed by atoms with van der Waals surface area (Å²) in [5.74, 6) is 0.261. The Morgan fingerprint density at radius 2 is 2.16 bits per heavy atom. The van der Waals surface area contributed by atoms with E-state index >= 15 is 0 Å². The van der Waals surface area contributed by atoms with Crippen molar-refractivity contribution in [3.05, 3.63) is 46.5 Å². The van der Waals surface area contributed by atoms with Gasteiger partial charge in [0.15, 0.2) is 5.13 Å². The van der Waals surface area contributed by atoms with Gasteiger partial charge in [-0.25, -0.2) is 4.98 Å². The second-order valence-corrected chi connectivity index (χ2v) is 5.90. The summed E-state index contributed by atoms with van der Waals surface area (Å²) in [6.07, 6.45) is 0. The van der Waals surface area contributed by atoms with E-state index in [-0.39, 0.29) is 5.91 Å². The molecule has 0 saturated heterocycles. The molecule has 19 heavy (non-hydrogen) atoms. The maximum absolute atomic E-state index is 12.2. The Morgan fingerprint density at radius 1 is 1.42 bits per heavy atom. The fourth-order valence-corrected chi connectivity index (χ4v) is 2.99. The molecule has 0 aliphatic rings. The number of anilines is 1. The number of rotatable bonds is 4.